The summed E-state index contributed by atoms with van der Waals surface area (Å²) in [5.41, 5.74) is 6.31. The van der Waals surface area contributed by atoms with Crippen molar-refractivity contribution in [1.29, 1.82) is 0 Å². The molecule has 0 radical (unpaired) electrons. The number of benzene rings is 2. The number of carbonyl (C=O) groups is 2. The van der Waals surface area contributed by atoms with Gasteiger partial charge in [-0.3, -0.25) is 14.5 Å². The van der Waals surface area contributed by atoms with Gasteiger partial charge in [-0.2, -0.15) is 0 Å². The van der Waals surface area contributed by atoms with Crippen molar-refractivity contribution in [3.05, 3.63) is 53.2 Å². The zero-order chi connectivity index (χ0) is 29.4. The lowest BCUT2D eigenvalue weighted by Crippen LogP contribution is -2.48. The van der Waals surface area contributed by atoms with Gasteiger partial charge in [-0.05, 0) is 41.5 Å². The number of piperazine rings is 1. The summed E-state index contributed by atoms with van der Waals surface area (Å²) in [5, 5.41) is 24.8. The van der Waals surface area contributed by atoms with Crippen molar-refractivity contribution in [3.8, 4) is 33.9 Å². The number of nitrogens with zero attached hydrogens (tertiary/aromatic N) is 3. The molecule has 0 unspecified atom stereocenters. The molecule has 1 aliphatic rings. The number of aromatic hydroxyl groups is 2. The van der Waals surface area contributed by atoms with Crippen molar-refractivity contribution in [2.24, 2.45) is 0 Å². The van der Waals surface area contributed by atoms with Gasteiger partial charge in [0.15, 0.2) is 17.7 Å². The molecular weight excluding hydrogens is 524 g/mol. The minimum absolute atomic E-state index is 0.000955. The number of carbonyl (C=O) groups excluding carboxylic acids is 2. The zero-order valence-corrected chi connectivity index (χ0v) is 24.1. The highest BCUT2D eigenvalue weighted by Crippen LogP contribution is 2.42. The minimum atomic E-state index is -0.157. The van der Waals surface area contributed by atoms with Crippen LogP contribution in [-0.4, -0.2) is 77.2 Å². The van der Waals surface area contributed by atoms with Crippen LogP contribution in [0.1, 0.15) is 67.1 Å². The number of nitrogens with one attached hydrogen (secondary N) is 1. The van der Waals surface area contributed by atoms with E-state index in [-0.39, 0.29) is 34.8 Å². The molecule has 4 rings (SSSR count). The molecule has 0 saturated carbocycles. The lowest BCUT2D eigenvalue weighted by atomic mass is 9.94. The number of hydrogen-bond acceptors (Lipinski definition) is 9. The van der Waals surface area contributed by atoms with Gasteiger partial charge < -0.3 is 24.5 Å². The van der Waals surface area contributed by atoms with Crippen LogP contribution in [0.25, 0.3) is 22.5 Å². The highest BCUT2D eigenvalue weighted by molar-refractivity contribution is 5.93. The Morgan fingerprint density at radius 1 is 1.07 bits per heavy atom. The molecule has 3 N–H and O–H groups in total. The summed E-state index contributed by atoms with van der Waals surface area (Å²) in [6, 6.07) is 10.8. The van der Waals surface area contributed by atoms with E-state index in [0.717, 1.165) is 69.7 Å². The second-order valence-electron chi connectivity index (χ2n) is 10.7. The summed E-state index contributed by atoms with van der Waals surface area (Å²) >= 11 is 0. The van der Waals surface area contributed by atoms with E-state index < -0.39 is 0 Å². The van der Waals surface area contributed by atoms with Gasteiger partial charge in [-0.15, -0.1) is 0 Å². The van der Waals surface area contributed by atoms with Crippen molar-refractivity contribution in [2.45, 2.75) is 52.0 Å². The van der Waals surface area contributed by atoms with Crippen molar-refractivity contribution in [2.75, 3.05) is 39.8 Å². The molecule has 0 atom stereocenters. The van der Waals surface area contributed by atoms with Gasteiger partial charge in [0.25, 0.3) is 0 Å². The SMILES string of the molecule is CONCCCCCC(=O)N1CCN(Cc2ccc(-c3c(C=O)noc3-c3cc(C(C)C)c(O)cc3O)cc2)CC1. The van der Waals surface area contributed by atoms with E-state index in [1.54, 1.807) is 13.2 Å². The van der Waals surface area contributed by atoms with Crippen LogP contribution < -0.4 is 5.48 Å². The smallest absolute Gasteiger partial charge is 0.222 e. The molecule has 10 nitrogen and oxygen atoms in total. The lowest BCUT2D eigenvalue weighted by molar-refractivity contribution is -0.133. The number of aromatic nitrogens is 1. The summed E-state index contributed by atoms with van der Waals surface area (Å²) in [6.45, 7) is 8.51. The maximum atomic E-state index is 12.6. The number of rotatable bonds is 13. The van der Waals surface area contributed by atoms with Gasteiger partial charge >= 0.3 is 0 Å². The van der Waals surface area contributed by atoms with Crippen LogP contribution in [0.15, 0.2) is 40.9 Å². The van der Waals surface area contributed by atoms with Gasteiger partial charge in [-0.1, -0.05) is 49.7 Å². The van der Waals surface area contributed by atoms with Crippen LogP contribution in [0.2, 0.25) is 0 Å². The fraction of sp³-hybridized carbons (Fsp3) is 0.452. The first kappa shape index (κ1) is 30.2. The molecular formula is C31H40N4O6. The zero-order valence-electron chi connectivity index (χ0n) is 24.1. The average molecular weight is 565 g/mol. The Hall–Kier alpha value is -3.73. The largest absolute Gasteiger partial charge is 0.508 e. The first-order valence-corrected chi connectivity index (χ1v) is 14.2. The molecule has 0 spiro atoms. The number of unbranched alkanes of at least 4 members (excludes halogenated alkanes) is 2. The van der Waals surface area contributed by atoms with E-state index in [9.17, 15) is 19.8 Å². The molecule has 41 heavy (non-hydrogen) atoms. The molecule has 3 aromatic rings. The molecule has 2 aromatic carbocycles. The number of hydroxylamine groups is 1. The van der Waals surface area contributed by atoms with Crippen molar-refractivity contribution in [3.63, 3.8) is 0 Å². The van der Waals surface area contributed by atoms with Crippen LogP contribution in [0.3, 0.4) is 0 Å². The number of aldehydes is 1. The van der Waals surface area contributed by atoms with Gasteiger partial charge in [0.05, 0.1) is 18.2 Å². The Morgan fingerprint density at radius 2 is 1.80 bits per heavy atom. The second kappa shape index (κ2) is 14.2. The van der Waals surface area contributed by atoms with E-state index in [0.29, 0.717) is 29.4 Å². The molecule has 1 aliphatic heterocycles. The molecule has 0 bridgehead atoms. The lowest BCUT2D eigenvalue weighted by Gasteiger charge is -2.35. The third-order valence-electron chi connectivity index (χ3n) is 7.53. The molecule has 1 fully saturated rings. The Kier molecular flexibility index (Phi) is 10.5. The average Bonchev–Trinajstić information content (AvgIpc) is 3.39. The Bertz CT molecular complexity index is 1310. The van der Waals surface area contributed by atoms with E-state index in [1.165, 1.54) is 6.07 Å². The van der Waals surface area contributed by atoms with Crippen LogP contribution >= 0.6 is 0 Å². The third kappa shape index (κ3) is 7.52. The number of phenols is 2. The van der Waals surface area contributed by atoms with Crippen LogP contribution in [-0.2, 0) is 16.2 Å². The van der Waals surface area contributed by atoms with Crippen LogP contribution in [0.4, 0.5) is 0 Å². The van der Waals surface area contributed by atoms with Gasteiger partial charge in [0.1, 0.15) is 11.5 Å². The molecule has 2 heterocycles. The second-order valence-corrected chi connectivity index (χ2v) is 10.7. The molecule has 1 saturated heterocycles. The van der Waals surface area contributed by atoms with E-state index in [1.807, 2.05) is 43.0 Å². The molecule has 10 heteroatoms. The first-order valence-electron chi connectivity index (χ1n) is 14.2. The fourth-order valence-corrected chi connectivity index (χ4v) is 5.18. The van der Waals surface area contributed by atoms with Gasteiger partial charge in [0.2, 0.25) is 5.91 Å². The number of amides is 1. The Morgan fingerprint density at radius 3 is 2.46 bits per heavy atom. The monoisotopic (exact) mass is 564 g/mol. The summed E-state index contributed by atoms with van der Waals surface area (Å²) < 4.78 is 5.54. The number of hydrogen-bond donors (Lipinski definition) is 3. The van der Waals surface area contributed by atoms with Crippen LogP contribution in [0.5, 0.6) is 11.5 Å². The van der Waals surface area contributed by atoms with Gasteiger partial charge in [-0.25, -0.2) is 5.48 Å². The van der Waals surface area contributed by atoms with E-state index in [2.05, 4.69) is 15.5 Å². The topological polar surface area (TPSA) is 128 Å². The minimum Gasteiger partial charge on any atom is -0.508 e. The molecule has 220 valence electrons. The summed E-state index contributed by atoms with van der Waals surface area (Å²) in [7, 11) is 1.60. The van der Waals surface area contributed by atoms with Crippen molar-refractivity contribution >= 4 is 12.2 Å². The maximum absolute atomic E-state index is 12.6. The predicted octanol–water partition coefficient (Wildman–Crippen LogP) is 4.71. The summed E-state index contributed by atoms with van der Waals surface area (Å²) in [5.74, 6) is 0.352. The maximum Gasteiger partial charge on any atom is 0.222 e. The Labute approximate surface area is 240 Å². The van der Waals surface area contributed by atoms with E-state index >= 15 is 0 Å². The first-order chi connectivity index (χ1) is 19.8. The third-order valence-corrected chi connectivity index (χ3v) is 7.53. The predicted molar refractivity (Wildman–Crippen MR) is 156 cm³/mol. The van der Waals surface area contributed by atoms with E-state index in [4.69, 9.17) is 9.36 Å². The fourth-order valence-electron chi connectivity index (χ4n) is 5.18. The summed E-state index contributed by atoms with van der Waals surface area (Å²) in [4.78, 5) is 33.5. The molecule has 1 amide bonds. The quantitative estimate of drug-likeness (QED) is 0.154. The van der Waals surface area contributed by atoms with Crippen LogP contribution in [0, 0.1) is 0 Å². The van der Waals surface area contributed by atoms with Crippen molar-refractivity contribution < 1.29 is 29.2 Å². The molecule has 1 aromatic heterocycles. The number of phenolic OH excluding ortho intramolecular Hbond substituents is 2. The standard InChI is InChI=1S/C31H40N4O6/c1-21(2)24-17-25(28(38)18-27(24)37)31-30(26(20-36)33-41-31)23-10-8-22(9-11-23)19-34-13-15-35(16-14-34)29(39)7-5-4-6-12-32-40-3/h8-11,17-18,20-21,32,37-38H,4-7,12-16,19H2,1-3H3. The van der Waals surface area contributed by atoms with Gasteiger partial charge in [0, 0.05) is 51.8 Å². The highest BCUT2D eigenvalue weighted by atomic mass is 16.6. The molecule has 0 aliphatic carbocycles. The summed E-state index contributed by atoms with van der Waals surface area (Å²) in [6.07, 6.45) is 4.10. The highest BCUT2D eigenvalue weighted by Gasteiger charge is 2.24. The van der Waals surface area contributed by atoms with Crippen molar-refractivity contribution in [1.82, 2.24) is 20.4 Å². The Balaban J connectivity index is 1.38. The normalized spacial score (nSPS) is 14.1.